The van der Waals surface area contributed by atoms with Crippen molar-refractivity contribution in [2.45, 2.75) is 0 Å². The van der Waals surface area contributed by atoms with Crippen LogP contribution in [0, 0.1) is 0 Å². The van der Waals surface area contributed by atoms with Gasteiger partial charge in [-0.3, -0.25) is 0 Å². The molecule has 3 aromatic rings. The van der Waals surface area contributed by atoms with Crippen LogP contribution in [0.25, 0.3) is 0 Å². The summed E-state index contributed by atoms with van der Waals surface area (Å²) in [5.74, 6) is 2.15. The molecule has 0 unspecified atom stereocenters. The third kappa shape index (κ3) is 5.39. The molecule has 0 fully saturated rings. The van der Waals surface area contributed by atoms with E-state index >= 15 is 0 Å². The van der Waals surface area contributed by atoms with Crippen LogP contribution in [0.15, 0.2) is 91.0 Å². The molecule has 0 heterocycles. The average molecular weight is 453 g/mol. The molecule has 3 aromatic carbocycles. The van der Waals surface area contributed by atoms with Crippen molar-refractivity contribution in [1.29, 1.82) is 0 Å². The second-order valence-electron chi connectivity index (χ2n) is 4.98. The maximum Gasteiger partial charge on any atom is 0.388 e. The Balaban J connectivity index is 0.00000208. The molecule has 0 atom stereocenters. The second-order valence-corrected chi connectivity index (χ2v) is 7.07. The Kier molecular flexibility index (Phi) is 6.88. The monoisotopic (exact) mass is 453 g/mol. The van der Waals surface area contributed by atoms with E-state index in [1.165, 1.54) is 0 Å². The first kappa shape index (κ1) is 18.6. The summed E-state index contributed by atoms with van der Waals surface area (Å²) in [7, 11) is -2.64. The van der Waals surface area contributed by atoms with Gasteiger partial charge in [-0.2, -0.15) is 0 Å². The molecule has 0 N–H and O–H groups in total. The molecular weight excluding hydrogens is 434 g/mol. The Morgan fingerprint density at radius 2 is 0.750 bits per heavy atom. The molecule has 0 saturated heterocycles. The van der Waals surface area contributed by atoms with Crippen LogP contribution in [-0.4, -0.2) is 6.66 Å². The Bertz CT molecular complexity index is 622. The highest BCUT2D eigenvalue weighted by Crippen LogP contribution is 2.57. The van der Waals surface area contributed by atoms with E-state index < -0.39 is 7.94 Å². The smallest absolute Gasteiger partial charge is 0.388 e. The molecule has 24 heavy (non-hydrogen) atoms. The van der Waals surface area contributed by atoms with Crippen LogP contribution < -0.4 is 13.6 Å². The first-order valence-electron chi connectivity index (χ1n) is 7.34. The molecule has 125 valence electrons. The average Bonchev–Trinajstić information content (AvgIpc) is 2.57. The third-order valence-corrected chi connectivity index (χ3v) is 4.67. The minimum absolute atomic E-state index is 0. The van der Waals surface area contributed by atoms with E-state index in [1.807, 2.05) is 97.7 Å². The highest BCUT2D eigenvalue weighted by molar-refractivity contribution is 14.0. The lowest BCUT2D eigenvalue weighted by Crippen LogP contribution is -2.13. The highest BCUT2D eigenvalue weighted by Gasteiger charge is 2.31. The van der Waals surface area contributed by atoms with Crippen molar-refractivity contribution in [2.24, 2.45) is 0 Å². The summed E-state index contributed by atoms with van der Waals surface area (Å²) in [6.45, 7) is 1.86. The minimum atomic E-state index is -2.64. The number of para-hydroxylation sites is 3. The molecule has 3 rings (SSSR count). The van der Waals surface area contributed by atoms with Crippen LogP contribution in [-0.2, 0) is 0 Å². The molecule has 0 aromatic heterocycles. The van der Waals surface area contributed by atoms with E-state index in [0.29, 0.717) is 0 Å². The van der Waals surface area contributed by atoms with Gasteiger partial charge in [0.15, 0.2) is 0 Å². The van der Waals surface area contributed by atoms with Crippen LogP contribution >= 0.6 is 31.9 Å². The van der Waals surface area contributed by atoms with Crippen molar-refractivity contribution < 1.29 is 13.6 Å². The normalized spacial score (nSPS) is 10.4. The van der Waals surface area contributed by atoms with E-state index in [2.05, 4.69) is 0 Å². The predicted molar refractivity (Wildman–Crippen MR) is 109 cm³/mol. The number of benzene rings is 3. The molecule has 0 amide bonds. The summed E-state index contributed by atoms with van der Waals surface area (Å²) >= 11 is 0. The van der Waals surface area contributed by atoms with Gasteiger partial charge >= 0.3 is 7.94 Å². The quantitative estimate of drug-likeness (QED) is 0.327. The largest absolute Gasteiger partial charge is 0.418 e. The van der Waals surface area contributed by atoms with E-state index in [4.69, 9.17) is 13.6 Å². The second kappa shape index (κ2) is 8.90. The predicted octanol–water partition coefficient (Wildman–Crippen LogP) is 6.23. The number of hydrogen-bond donors (Lipinski definition) is 0. The molecule has 0 bridgehead atoms. The van der Waals surface area contributed by atoms with Crippen LogP contribution in [0.5, 0.6) is 17.2 Å². The fourth-order valence-corrected chi connectivity index (χ4v) is 3.70. The molecule has 0 saturated carbocycles. The van der Waals surface area contributed by atoms with Gasteiger partial charge in [-0.1, -0.05) is 54.6 Å². The Morgan fingerprint density at radius 3 is 1.00 bits per heavy atom. The van der Waals surface area contributed by atoms with Crippen LogP contribution in [0.3, 0.4) is 0 Å². The molecule has 0 aliphatic rings. The van der Waals surface area contributed by atoms with Crippen molar-refractivity contribution >= 4 is 31.9 Å². The van der Waals surface area contributed by atoms with E-state index in [1.54, 1.807) is 0 Å². The van der Waals surface area contributed by atoms with Gasteiger partial charge in [0.25, 0.3) is 0 Å². The number of halogens is 1. The van der Waals surface area contributed by atoms with Gasteiger partial charge in [-0.15, -0.1) is 24.0 Å². The topological polar surface area (TPSA) is 27.7 Å². The van der Waals surface area contributed by atoms with Crippen LogP contribution in [0.4, 0.5) is 0 Å². The summed E-state index contributed by atoms with van der Waals surface area (Å²) in [5.41, 5.74) is 0. The zero-order valence-electron chi connectivity index (χ0n) is 13.2. The van der Waals surface area contributed by atoms with Gasteiger partial charge in [0.05, 0.1) is 6.66 Å². The lowest BCUT2D eigenvalue weighted by Gasteiger charge is -2.31. The first-order valence-corrected chi connectivity index (χ1v) is 9.33. The van der Waals surface area contributed by atoms with Crippen molar-refractivity contribution in [2.75, 3.05) is 6.66 Å². The minimum Gasteiger partial charge on any atom is -0.418 e. The summed E-state index contributed by atoms with van der Waals surface area (Å²) in [6, 6.07) is 28.7. The lowest BCUT2D eigenvalue weighted by molar-refractivity contribution is 0.362. The lowest BCUT2D eigenvalue weighted by atomic mass is 10.3. The van der Waals surface area contributed by atoms with Gasteiger partial charge in [0.2, 0.25) is 0 Å². The maximum atomic E-state index is 6.08. The van der Waals surface area contributed by atoms with Crippen molar-refractivity contribution in [3.8, 4) is 17.2 Å². The summed E-state index contributed by atoms with van der Waals surface area (Å²) in [4.78, 5) is 0. The fraction of sp³-hybridized carbons (Fsp3) is 0.0526. The van der Waals surface area contributed by atoms with E-state index in [0.717, 1.165) is 17.2 Å². The molecule has 5 heteroatoms. The standard InChI is InChI=1S/C19H18O3P.HI/c1-23(20-17-11-5-2-6-12-17,21-18-13-7-3-8-14-18)22-19-15-9-4-10-16-19;/h2-16H,1H3;1H. The zero-order chi connectivity index (χ0) is 16.0. The molecule has 1 radical (unpaired) electrons. The zero-order valence-corrected chi connectivity index (χ0v) is 16.5. The highest BCUT2D eigenvalue weighted by atomic mass is 127. The van der Waals surface area contributed by atoms with Crippen LogP contribution in [0.2, 0.25) is 0 Å². The van der Waals surface area contributed by atoms with Crippen LogP contribution in [0.1, 0.15) is 0 Å². The van der Waals surface area contributed by atoms with Crippen molar-refractivity contribution in [1.82, 2.24) is 0 Å². The Morgan fingerprint density at radius 1 is 0.500 bits per heavy atom. The first-order chi connectivity index (χ1) is 11.2. The number of rotatable bonds is 6. The van der Waals surface area contributed by atoms with Gasteiger partial charge in [-0.05, 0) is 36.4 Å². The summed E-state index contributed by atoms with van der Waals surface area (Å²) in [5, 5.41) is 0. The third-order valence-electron chi connectivity index (χ3n) is 3.04. The molecule has 0 aliphatic carbocycles. The fourth-order valence-electron chi connectivity index (χ4n) is 2.07. The van der Waals surface area contributed by atoms with Gasteiger partial charge < -0.3 is 13.6 Å². The molecule has 0 spiro atoms. The van der Waals surface area contributed by atoms with Crippen molar-refractivity contribution in [3.05, 3.63) is 91.0 Å². The van der Waals surface area contributed by atoms with Gasteiger partial charge in [0.1, 0.15) is 17.2 Å². The van der Waals surface area contributed by atoms with E-state index in [9.17, 15) is 0 Å². The molecular formula is C19H19IO3P. The Labute approximate surface area is 160 Å². The van der Waals surface area contributed by atoms with Gasteiger partial charge in [0, 0.05) is 0 Å². The SMILES string of the molecule is C[P](Oc1ccccc1)(Oc1ccccc1)Oc1ccccc1.I. The summed E-state index contributed by atoms with van der Waals surface area (Å²) in [6.07, 6.45) is 0. The number of hydrogen-bond acceptors (Lipinski definition) is 3. The molecule has 0 aliphatic heterocycles. The van der Waals surface area contributed by atoms with E-state index in [-0.39, 0.29) is 24.0 Å². The molecule has 3 nitrogen and oxygen atoms in total. The summed E-state index contributed by atoms with van der Waals surface area (Å²) < 4.78 is 18.2. The Hall–Kier alpha value is -1.78. The van der Waals surface area contributed by atoms with Gasteiger partial charge in [-0.25, -0.2) is 0 Å². The van der Waals surface area contributed by atoms with Crippen molar-refractivity contribution in [3.63, 3.8) is 0 Å². The maximum absolute atomic E-state index is 6.08.